The van der Waals surface area contributed by atoms with Gasteiger partial charge in [-0.1, -0.05) is 25.5 Å². The first-order valence-corrected chi connectivity index (χ1v) is 8.73. The van der Waals surface area contributed by atoms with Crippen molar-refractivity contribution in [2.24, 2.45) is 5.92 Å². The van der Waals surface area contributed by atoms with Crippen molar-refractivity contribution < 1.29 is 13.5 Å². The molecule has 0 spiro atoms. The van der Waals surface area contributed by atoms with E-state index in [0.29, 0.717) is 17.2 Å². The summed E-state index contributed by atoms with van der Waals surface area (Å²) < 4.78 is 27.4. The largest absolute Gasteiger partial charge is 0.396 e. The van der Waals surface area contributed by atoms with Crippen molar-refractivity contribution in [3.63, 3.8) is 0 Å². The van der Waals surface area contributed by atoms with E-state index in [1.54, 1.807) is 12.1 Å². The molecule has 2 N–H and O–H groups in total. The van der Waals surface area contributed by atoms with Crippen LogP contribution in [0, 0.1) is 5.92 Å². The Morgan fingerprint density at radius 1 is 1.25 bits per heavy atom. The summed E-state index contributed by atoms with van der Waals surface area (Å²) >= 11 is 0. The smallest absolute Gasteiger partial charge is 0.240 e. The molecular weight excluding hydrogens is 274 g/mol. The Labute approximate surface area is 121 Å². The van der Waals surface area contributed by atoms with Gasteiger partial charge in [0.15, 0.2) is 0 Å². The number of hydrogen-bond donors (Lipinski definition) is 2. The Kier molecular flexibility index (Phi) is 5.18. The van der Waals surface area contributed by atoms with Crippen LogP contribution in [0.3, 0.4) is 0 Å². The number of sulfonamides is 1. The second-order valence-corrected chi connectivity index (χ2v) is 7.32. The van der Waals surface area contributed by atoms with Crippen LogP contribution in [0.5, 0.6) is 0 Å². The van der Waals surface area contributed by atoms with Crippen molar-refractivity contribution in [2.75, 3.05) is 6.61 Å². The van der Waals surface area contributed by atoms with Crippen molar-refractivity contribution >= 4 is 10.0 Å². The van der Waals surface area contributed by atoms with Gasteiger partial charge >= 0.3 is 0 Å². The topological polar surface area (TPSA) is 66.4 Å². The number of hydrogen-bond acceptors (Lipinski definition) is 3. The minimum atomic E-state index is -3.41. The summed E-state index contributed by atoms with van der Waals surface area (Å²) in [4.78, 5) is 0.323. The molecule has 0 bridgehead atoms. The van der Waals surface area contributed by atoms with Crippen LogP contribution in [0.25, 0.3) is 0 Å². The minimum Gasteiger partial charge on any atom is -0.396 e. The lowest BCUT2D eigenvalue weighted by Gasteiger charge is -2.17. The van der Waals surface area contributed by atoms with Crippen LogP contribution in [-0.2, 0) is 16.4 Å². The van der Waals surface area contributed by atoms with E-state index in [0.717, 1.165) is 31.2 Å². The first-order chi connectivity index (χ1) is 9.53. The summed E-state index contributed by atoms with van der Waals surface area (Å²) in [7, 11) is -3.41. The van der Waals surface area contributed by atoms with Gasteiger partial charge in [-0.3, -0.25) is 0 Å². The maximum atomic E-state index is 12.3. The molecule has 1 saturated carbocycles. The minimum absolute atomic E-state index is 0.0639. The van der Waals surface area contributed by atoms with Gasteiger partial charge in [0, 0.05) is 12.6 Å². The zero-order valence-electron chi connectivity index (χ0n) is 11.9. The maximum absolute atomic E-state index is 12.3. The fourth-order valence-corrected chi connectivity index (χ4v) is 4.09. The lowest BCUT2D eigenvalue weighted by molar-refractivity contribution is 0.288. The third kappa shape index (κ3) is 3.81. The molecule has 2 rings (SSSR count). The van der Waals surface area contributed by atoms with Gasteiger partial charge in [-0.25, -0.2) is 13.1 Å². The SMILES string of the molecule is CC1CCCC1NS(=O)(=O)c1ccc(CCCO)cc1. The molecule has 1 aromatic rings. The Morgan fingerprint density at radius 3 is 2.50 bits per heavy atom. The molecule has 0 aromatic heterocycles. The predicted molar refractivity (Wildman–Crippen MR) is 79.0 cm³/mol. The van der Waals surface area contributed by atoms with E-state index in [9.17, 15) is 8.42 Å². The lowest BCUT2D eigenvalue weighted by Crippen LogP contribution is -2.36. The van der Waals surface area contributed by atoms with E-state index in [1.807, 2.05) is 12.1 Å². The quantitative estimate of drug-likeness (QED) is 0.845. The van der Waals surface area contributed by atoms with Crippen LogP contribution in [-0.4, -0.2) is 26.2 Å². The number of nitrogens with one attached hydrogen (secondary N) is 1. The van der Waals surface area contributed by atoms with Crippen LogP contribution in [0.1, 0.15) is 38.2 Å². The first-order valence-electron chi connectivity index (χ1n) is 7.25. The molecule has 20 heavy (non-hydrogen) atoms. The molecule has 1 fully saturated rings. The van der Waals surface area contributed by atoms with Crippen LogP contribution in [0.2, 0.25) is 0 Å². The zero-order valence-corrected chi connectivity index (χ0v) is 12.7. The van der Waals surface area contributed by atoms with Crippen molar-refractivity contribution in [3.05, 3.63) is 29.8 Å². The number of aliphatic hydroxyl groups excluding tert-OH is 1. The Bertz CT molecular complexity index is 525. The molecule has 2 unspecified atom stereocenters. The summed E-state index contributed by atoms with van der Waals surface area (Å²) in [5.41, 5.74) is 1.05. The number of rotatable bonds is 6. The van der Waals surface area contributed by atoms with Gasteiger partial charge in [0.1, 0.15) is 0 Å². The van der Waals surface area contributed by atoms with Gasteiger partial charge in [0.2, 0.25) is 10.0 Å². The number of aryl methyl sites for hydroxylation is 1. The first kappa shape index (κ1) is 15.5. The Balaban J connectivity index is 2.05. The van der Waals surface area contributed by atoms with E-state index in [1.165, 1.54) is 0 Å². The van der Waals surface area contributed by atoms with Crippen molar-refractivity contribution in [2.45, 2.75) is 50.0 Å². The maximum Gasteiger partial charge on any atom is 0.240 e. The normalized spacial score (nSPS) is 23.1. The number of benzene rings is 1. The molecule has 0 radical (unpaired) electrons. The fraction of sp³-hybridized carbons (Fsp3) is 0.600. The zero-order chi connectivity index (χ0) is 14.6. The fourth-order valence-electron chi connectivity index (χ4n) is 2.71. The van der Waals surface area contributed by atoms with Crippen LogP contribution in [0.15, 0.2) is 29.2 Å². The lowest BCUT2D eigenvalue weighted by atomic mass is 10.1. The standard InChI is InChI=1S/C15H23NO3S/c1-12-4-2-6-15(12)16-20(18,19)14-9-7-13(8-10-14)5-3-11-17/h7-10,12,15-17H,2-6,11H2,1H3. The van der Waals surface area contributed by atoms with Gasteiger partial charge < -0.3 is 5.11 Å². The molecule has 1 aromatic carbocycles. The van der Waals surface area contributed by atoms with Gasteiger partial charge in [0.05, 0.1) is 4.90 Å². The second-order valence-electron chi connectivity index (χ2n) is 5.61. The average molecular weight is 297 g/mol. The Morgan fingerprint density at radius 2 is 1.95 bits per heavy atom. The third-order valence-corrected chi connectivity index (χ3v) is 5.53. The number of aliphatic hydroxyl groups is 1. The van der Waals surface area contributed by atoms with E-state index in [4.69, 9.17) is 5.11 Å². The highest BCUT2D eigenvalue weighted by Gasteiger charge is 2.28. The highest BCUT2D eigenvalue weighted by atomic mass is 32.2. The Hall–Kier alpha value is -0.910. The monoisotopic (exact) mass is 297 g/mol. The molecule has 2 atom stereocenters. The third-order valence-electron chi connectivity index (χ3n) is 4.03. The summed E-state index contributed by atoms with van der Waals surface area (Å²) in [6, 6.07) is 7.00. The van der Waals surface area contributed by atoms with Gasteiger partial charge in [-0.15, -0.1) is 0 Å². The molecular formula is C15H23NO3S. The van der Waals surface area contributed by atoms with Crippen LogP contribution in [0.4, 0.5) is 0 Å². The average Bonchev–Trinajstić information content (AvgIpc) is 2.82. The molecule has 1 aliphatic carbocycles. The highest BCUT2D eigenvalue weighted by Crippen LogP contribution is 2.26. The molecule has 0 aliphatic heterocycles. The van der Waals surface area contributed by atoms with Crippen molar-refractivity contribution in [1.82, 2.24) is 4.72 Å². The van der Waals surface area contributed by atoms with Crippen molar-refractivity contribution in [1.29, 1.82) is 0 Å². The molecule has 0 heterocycles. The second kappa shape index (κ2) is 6.70. The summed E-state index contributed by atoms with van der Waals surface area (Å²) in [5, 5.41) is 8.79. The molecule has 1 aliphatic rings. The van der Waals surface area contributed by atoms with E-state index in [-0.39, 0.29) is 12.6 Å². The summed E-state index contributed by atoms with van der Waals surface area (Å²) in [5.74, 6) is 0.411. The van der Waals surface area contributed by atoms with E-state index < -0.39 is 10.0 Å². The van der Waals surface area contributed by atoms with Crippen molar-refractivity contribution in [3.8, 4) is 0 Å². The van der Waals surface area contributed by atoms with E-state index >= 15 is 0 Å². The molecule has 5 heteroatoms. The van der Waals surface area contributed by atoms with Gasteiger partial charge in [-0.05, 0) is 49.3 Å². The summed E-state index contributed by atoms with van der Waals surface area (Å²) in [6.07, 6.45) is 4.57. The van der Waals surface area contributed by atoms with Crippen LogP contribution >= 0.6 is 0 Å². The molecule has 4 nitrogen and oxygen atoms in total. The van der Waals surface area contributed by atoms with Crippen LogP contribution < -0.4 is 4.72 Å². The molecule has 112 valence electrons. The highest BCUT2D eigenvalue weighted by molar-refractivity contribution is 7.89. The van der Waals surface area contributed by atoms with E-state index in [2.05, 4.69) is 11.6 Å². The molecule has 0 saturated heterocycles. The van der Waals surface area contributed by atoms with Gasteiger partial charge in [0.25, 0.3) is 0 Å². The summed E-state index contributed by atoms with van der Waals surface area (Å²) in [6.45, 7) is 2.25. The molecule has 0 amide bonds. The predicted octanol–water partition coefficient (Wildman–Crippen LogP) is 2.08. The van der Waals surface area contributed by atoms with Gasteiger partial charge in [-0.2, -0.15) is 0 Å².